The number of carbonyl (C=O) groups is 1. The van der Waals surface area contributed by atoms with Gasteiger partial charge in [-0.05, 0) is 23.8 Å². The van der Waals surface area contributed by atoms with E-state index in [0.29, 0.717) is 23.0 Å². The van der Waals surface area contributed by atoms with Crippen LogP contribution in [0.2, 0.25) is 10.0 Å². The van der Waals surface area contributed by atoms with Crippen molar-refractivity contribution >= 4 is 29.0 Å². The summed E-state index contributed by atoms with van der Waals surface area (Å²) in [6.45, 7) is 4.24. The summed E-state index contributed by atoms with van der Waals surface area (Å²) in [4.78, 5) is 14.1. The predicted octanol–water partition coefficient (Wildman–Crippen LogP) is 2.01. The number of benzene rings is 1. The van der Waals surface area contributed by atoms with Crippen molar-refractivity contribution in [2.45, 2.75) is 6.42 Å². The van der Waals surface area contributed by atoms with E-state index in [1.165, 1.54) is 0 Å². The second kappa shape index (κ2) is 6.53. The molecule has 0 atom stereocenters. The van der Waals surface area contributed by atoms with Crippen molar-refractivity contribution in [2.24, 2.45) is 0 Å². The topological polar surface area (TPSA) is 32.3 Å². The molecule has 0 amide bonds. The van der Waals surface area contributed by atoms with Crippen molar-refractivity contribution in [1.29, 1.82) is 0 Å². The maximum Gasteiger partial charge on any atom is 0.151 e. The van der Waals surface area contributed by atoms with Gasteiger partial charge >= 0.3 is 0 Å². The molecule has 1 aliphatic heterocycles. The van der Waals surface area contributed by atoms with Gasteiger partial charge in [0, 0.05) is 42.6 Å². The summed E-state index contributed by atoms with van der Waals surface area (Å²) in [6, 6.07) is 5.23. The Morgan fingerprint density at radius 3 is 2.72 bits per heavy atom. The lowest BCUT2D eigenvalue weighted by Gasteiger charge is -2.26. The molecule has 0 aliphatic carbocycles. The van der Waals surface area contributed by atoms with Crippen molar-refractivity contribution in [2.75, 3.05) is 32.7 Å². The Hall–Kier alpha value is -0.610. The third-order valence-corrected chi connectivity index (χ3v) is 3.61. The van der Waals surface area contributed by atoms with Crippen LogP contribution in [0.25, 0.3) is 0 Å². The zero-order valence-corrected chi connectivity index (χ0v) is 11.6. The molecule has 2 rings (SSSR count). The molecule has 0 radical (unpaired) electrons. The monoisotopic (exact) mass is 286 g/mol. The average molecular weight is 287 g/mol. The van der Waals surface area contributed by atoms with Gasteiger partial charge in [0.05, 0.1) is 6.54 Å². The van der Waals surface area contributed by atoms with Crippen molar-refractivity contribution in [3.8, 4) is 0 Å². The first kappa shape index (κ1) is 13.8. The van der Waals surface area contributed by atoms with E-state index in [4.69, 9.17) is 23.2 Å². The van der Waals surface area contributed by atoms with E-state index in [0.717, 1.165) is 31.7 Å². The van der Waals surface area contributed by atoms with E-state index < -0.39 is 0 Å². The quantitative estimate of drug-likeness (QED) is 0.919. The van der Waals surface area contributed by atoms with E-state index in [9.17, 15) is 4.79 Å². The van der Waals surface area contributed by atoms with Crippen LogP contribution in [0.4, 0.5) is 0 Å². The molecule has 0 spiro atoms. The van der Waals surface area contributed by atoms with Gasteiger partial charge in [0.15, 0.2) is 5.78 Å². The number of carbonyl (C=O) groups excluding carboxylic acids is 1. The lowest BCUT2D eigenvalue weighted by Crippen LogP contribution is -2.45. The molecule has 1 saturated heterocycles. The minimum atomic E-state index is 0.182. The Morgan fingerprint density at radius 2 is 2.00 bits per heavy atom. The van der Waals surface area contributed by atoms with E-state index >= 15 is 0 Å². The highest BCUT2D eigenvalue weighted by molar-refractivity contribution is 6.33. The average Bonchev–Trinajstić information content (AvgIpc) is 2.35. The number of halogens is 2. The molecule has 0 aromatic heterocycles. The van der Waals surface area contributed by atoms with Gasteiger partial charge in [-0.2, -0.15) is 0 Å². The largest absolute Gasteiger partial charge is 0.314 e. The molecule has 18 heavy (non-hydrogen) atoms. The molecule has 1 aromatic rings. The van der Waals surface area contributed by atoms with Crippen LogP contribution in [0.5, 0.6) is 0 Å². The summed E-state index contributed by atoms with van der Waals surface area (Å²) < 4.78 is 0. The van der Waals surface area contributed by atoms with Crippen LogP contribution in [0.15, 0.2) is 18.2 Å². The molecule has 98 valence electrons. The summed E-state index contributed by atoms with van der Waals surface area (Å²) in [5.74, 6) is 0.182. The number of hydrogen-bond donors (Lipinski definition) is 1. The van der Waals surface area contributed by atoms with E-state index in [1.54, 1.807) is 18.2 Å². The molecular weight excluding hydrogens is 271 g/mol. The summed E-state index contributed by atoms with van der Waals surface area (Å²) in [7, 11) is 0. The SMILES string of the molecule is O=C(Cc1cc(Cl)ccc1Cl)CN1CCNCC1. The van der Waals surface area contributed by atoms with Crippen LogP contribution < -0.4 is 5.32 Å². The first-order chi connectivity index (χ1) is 8.65. The molecule has 0 unspecified atom stereocenters. The second-order valence-electron chi connectivity index (χ2n) is 4.48. The highest BCUT2D eigenvalue weighted by Crippen LogP contribution is 2.21. The van der Waals surface area contributed by atoms with Crippen LogP contribution in [-0.2, 0) is 11.2 Å². The molecule has 1 fully saturated rings. The Kier molecular flexibility index (Phi) is 5.01. The number of Topliss-reactive ketones (excluding diaryl/α,β-unsaturated/α-hetero) is 1. The number of nitrogens with one attached hydrogen (secondary N) is 1. The smallest absolute Gasteiger partial charge is 0.151 e. The molecule has 3 nitrogen and oxygen atoms in total. The van der Waals surface area contributed by atoms with E-state index in [-0.39, 0.29) is 5.78 Å². The number of ketones is 1. The van der Waals surface area contributed by atoms with E-state index in [1.807, 2.05) is 0 Å². The fourth-order valence-electron chi connectivity index (χ4n) is 2.07. The Labute approximate surface area is 117 Å². The maximum atomic E-state index is 12.0. The Balaban J connectivity index is 1.92. The summed E-state index contributed by atoms with van der Waals surface area (Å²) in [5, 5.41) is 4.48. The normalized spacial score (nSPS) is 16.8. The van der Waals surface area contributed by atoms with Gasteiger partial charge in [0.2, 0.25) is 0 Å². The molecule has 1 aliphatic rings. The van der Waals surface area contributed by atoms with Gasteiger partial charge < -0.3 is 5.32 Å². The molecule has 5 heteroatoms. The first-order valence-electron chi connectivity index (χ1n) is 6.04. The van der Waals surface area contributed by atoms with Crippen molar-refractivity contribution in [3.63, 3.8) is 0 Å². The maximum absolute atomic E-state index is 12.0. The van der Waals surface area contributed by atoms with E-state index in [2.05, 4.69) is 10.2 Å². The van der Waals surface area contributed by atoms with Gasteiger partial charge in [0.25, 0.3) is 0 Å². The third kappa shape index (κ3) is 3.95. The number of piperazine rings is 1. The molecular formula is C13H16Cl2N2O. The van der Waals surface area contributed by atoms with Crippen LogP contribution in [-0.4, -0.2) is 43.4 Å². The van der Waals surface area contributed by atoms with Gasteiger partial charge in [0.1, 0.15) is 0 Å². The zero-order chi connectivity index (χ0) is 13.0. The van der Waals surface area contributed by atoms with Crippen LogP contribution in [0, 0.1) is 0 Å². The minimum absolute atomic E-state index is 0.182. The summed E-state index contributed by atoms with van der Waals surface area (Å²) in [6.07, 6.45) is 0.351. The zero-order valence-electron chi connectivity index (χ0n) is 10.1. The number of nitrogens with zero attached hydrogens (tertiary/aromatic N) is 1. The first-order valence-corrected chi connectivity index (χ1v) is 6.79. The lowest BCUT2D eigenvalue weighted by atomic mass is 10.1. The Morgan fingerprint density at radius 1 is 1.28 bits per heavy atom. The molecule has 1 aromatic carbocycles. The van der Waals surface area contributed by atoms with Gasteiger partial charge in [-0.1, -0.05) is 23.2 Å². The molecule has 0 bridgehead atoms. The molecule has 1 N–H and O–H groups in total. The van der Waals surface area contributed by atoms with Gasteiger partial charge in [-0.25, -0.2) is 0 Å². The van der Waals surface area contributed by atoms with Crippen molar-refractivity contribution < 1.29 is 4.79 Å². The number of rotatable bonds is 4. The highest BCUT2D eigenvalue weighted by Gasteiger charge is 2.14. The van der Waals surface area contributed by atoms with Crippen LogP contribution in [0.1, 0.15) is 5.56 Å². The van der Waals surface area contributed by atoms with Crippen LogP contribution in [0.3, 0.4) is 0 Å². The van der Waals surface area contributed by atoms with Crippen molar-refractivity contribution in [1.82, 2.24) is 10.2 Å². The fraction of sp³-hybridized carbons (Fsp3) is 0.462. The van der Waals surface area contributed by atoms with Gasteiger partial charge in [-0.15, -0.1) is 0 Å². The van der Waals surface area contributed by atoms with Gasteiger partial charge in [-0.3, -0.25) is 9.69 Å². The summed E-state index contributed by atoms with van der Waals surface area (Å²) in [5.41, 5.74) is 0.810. The van der Waals surface area contributed by atoms with Crippen LogP contribution >= 0.6 is 23.2 Å². The standard InChI is InChI=1S/C13H16Cl2N2O/c14-11-1-2-13(15)10(7-11)8-12(18)9-17-5-3-16-4-6-17/h1-2,7,16H,3-6,8-9H2. The highest BCUT2D eigenvalue weighted by atomic mass is 35.5. The minimum Gasteiger partial charge on any atom is -0.314 e. The van der Waals surface area contributed by atoms with Crippen molar-refractivity contribution in [3.05, 3.63) is 33.8 Å². The second-order valence-corrected chi connectivity index (χ2v) is 5.32. The Bertz CT molecular complexity index is 431. The molecule has 0 saturated carbocycles. The summed E-state index contributed by atoms with van der Waals surface area (Å²) >= 11 is 12.0. The fourth-order valence-corrected chi connectivity index (χ4v) is 2.44. The predicted molar refractivity (Wildman–Crippen MR) is 74.5 cm³/mol. The third-order valence-electron chi connectivity index (χ3n) is 3.00. The molecule has 1 heterocycles. The lowest BCUT2D eigenvalue weighted by molar-refractivity contribution is -0.119. The number of hydrogen-bond acceptors (Lipinski definition) is 3.